The number of fused-ring (bicyclic) bond motifs is 5. The summed E-state index contributed by atoms with van der Waals surface area (Å²) in [5.41, 5.74) is 17.7. The summed E-state index contributed by atoms with van der Waals surface area (Å²) in [5.74, 6) is -8.57. The number of rotatable bonds is 37. The van der Waals surface area contributed by atoms with Crippen molar-refractivity contribution in [2.45, 2.75) is 327 Å². The Morgan fingerprint density at radius 3 is 0.917 bits per heavy atom. The SMILES string of the molecule is CC(C)NC(=O)OC[C@@H](NC(=O)N[C@H](C(=O)N1C[C@H]2[C@@H]([C@H]1C(=O)NC(CC1CCC1)C(=O)C(N)=O)C2(C)C)C1Cc2ccccc2C1)C(C)(C)C.CCNC(=O)OC[C@@H](NC(=O)N[C@H](C(=O)N1C[C@H]2[C@@H]([C@H]1C(=O)NC(CC1CCC1)C(=O)C(N)=O)C2(C)C)C(C)(C)C)C(C)(C)C.CNC(=O)OC[C@@H](NC(=O)N[C@H](C(=O)N1C[C@H]2[C@@H]([C@H]1C(=O)NC(CC1CCC1)C(=O)C(N)=O)C2(C)C)C1Cc2ccccc2C1)C(C)(C)C. The first-order valence-corrected chi connectivity index (χ1v) is 52.0. The van der Waals surface area contributed by atoms with Crippen molar-refractivity contribution in [3.63, 3.8) is 0 Å². The highest BCUT2D eigenvalue weighted by Crippen LogP contribution is 2.67. The molecule has 9 fully saturated rings. The lowest BCUT2D eigenvalue weighted by atomic mass is 9.80. The number of Topliss-reactive ketones (excluding diaryl/α,β-unsaturated/α-hetero) is 3. The summed E-state index contributed by atoms with van der Waals surface area (Å²) < 4.78 is 16.0. The van der Waals surface area contributed by atoms with E-state index in [4.69, 9.17) is 31.4 Å². The Kier molecular flexibility index (Phi) is 35.8. The molecule has 802 valence electrons. The second-order valence-electron chi connectivity index (χ2n) is 48.7. The van der Waals surface area contributed by atoms with Crippen molar-refractivity contribution in [1.29, 1.82) is 0 Å². The van der Waals surface area contributed by atoms with Crippen LogP contribution >= 0.6 is 0 Å². The summed E-state index contributed by atoms with van der Waals surface area (Å²) >= 11 is 0. The molecule has 145 heavy (non-hydrogen) atoms. The van der Waals surface area contributed by atoms with Gasteiger partial charge in [-0.1, -0.05) is 231 Å². The van der Waals surface area contributed by atoms with E-state index in [0.717, 1.165) is 80.0 Å². The van der Waals surface area contributed by atoms with Crippen LogP contribution in [0.5, 0.6) is 0 Å². The molecule has 2 aromatic carbocycles. The number of urea groups is 3. The number of nitrogens with zero attached hydrogens (tertiary/aromatic N) is 3. The minimum Gasteiger partial charge on any atom is -0.447 e. The van der Waals surface area contributed by atoms with E-state index in [2.05, 4.69) is 91.5 Å². The van der Waals surface area contributed by atoms with Crippen LogP contribution in [0.4, 0.5) is 28.8 Å². The van der Waals surface area contributed by atoms with Gasteiger partial charge in [0.15, 0.2) is 0 Å². The van der Waals surface area contributed by atoms with Crippen molar-refractivity contribution < 1.29 is 101 Å². The number of primary amides is 3. The topological polar surface area (TPSA) is 567 Å². The molecule has 3 saturated heterocycles. The zero-order chi connectivity index (χ0) is 107. The summed E-state index contributed by atoms with van der Waals surface area (Å²) in [7, 11) is 1.45. The molecule has 3 heterocycles. The molecule has 39 nitrogen and oxygen atoms in total. The number of carbonyl (C=O) groups excluding carboxylic acids is 18. The predicted molar refractivity (Wildman–Crippen MR) is 538 cm³/mol. The number of carbonyl (C=O) groups is 18. The third kappa shape index (κ3) is 27.4. The summed E-state index contributed by atoms with van der Waals surface area (Å²) in [6, 6.07) is 3.52. The van der Waals surface area contributed by atoms with Crippen LogP contribution in [0.3, 0.4) is 0 Å². The molecule has 0 aromatic heterocycles. The van der Waals surface area contributed by atoms with E-state index in [1.165, 1.54) is 11.9 Å². The standard InChI is InChI=1S/C38H56N6O7.C36H52N6O7.C32H54N6O7/c1-20(2)40-36(50)51-19-27(37(3,4)5)42-35(49)43-29(24-16-22-13-8-9-14-23(22)17-24)34(48)44-18-25-28(38(25,6)7)30(44)33(47)41-26(31(45)32(39)46)15-21-11-10-12-21;1-35(2,3)25(18-49-34(48)38-6)40-33(47)41-27(22-15-20-12-7-8-13-21(20)16-22)32(46)42-17-23-26(36(23,4)5)28(42)31(45)39-24(29(43)30(37)44)14-19-10-9-11-19;1-10-34-29(44)45-16-20(30(2,3)4)36-28(43)37-24(31(5,6)7)27(42)38-15-18-21(32(18,8)9)22(38)26(41)35-19(23(39)25(33)40)14-17-12-11-13-17/h8-9,13-14,20-21,24-30H,10-12,15-19H2,1-7H3,(H2,39,46)(H,40,50)(H,41,47)(H2,42,43,49);7-8,12-13,19,22-28H,9-11,14-18H2,1-6H3,(H2,37,44)(H,38,48)(H,39,45)(H2,40,41,47);17-22,24H,10-16H2,1-9H3,(H2,33,40)(H,34,44)(H,35,41)(H2,36,37,43)/t25-,26?,27+,28-,29-,30-;23-,24?,25+,26-,27-,28-;18-,19?,20+,21-,22-,24+/m000/s1. The number of nitrogens with two attached hydrogens (primary N) is 3. The van der Waals surface area contributed by atoms with Gasteiger partial charge in [-0.3, -0.25) is 57.5 Å². The molecule has 18 N–H and O–H groups in total. The number of piperidine rings is 3. The second-order valence-corrected chi connectivity index (χ2v) is 48.7. The normalized spacial score (nSPS) is 24.1. The molecule has 0 spiro atoms. The Balaban J connectivity index is 0.000000208. The number of alkyl carbamates (subject to hydrolysis) is 3. The van der Waals surface area contributed by atoms with Crippen LogP contribution in [0, 0.1) is 103 Å². The molecule has 6 saturated carbocycles. The molecule has 2 aromatic rings. The van der Waals surface area contributed by atoms with Crippen LogP contribution in [0.15, 0.2) is 48.5 Å². The molecular weight excluding hydrogens is 1860 g/mol. The first-order valence-electron chi connectivity index (χ1n) is 52.0. The number of likely N-dealkylation sites (tertiary alicyclic amines) is 3. The number of amides is 18. The Hall–Kier alpha value is -11.7. The van der Waals surface area contributed by atoms with Gasteiger partial charge in [0.25, 0.3) is 17.7 Å². The third-order valence-electron chi connectivity index (χ3n) is 33.0. The Morgan fingerprint density at radius 2 is 0.662 bits per heavy atom. The van der Waals surface area contributed by atoms with Gasteiger partial charge in [-0.15, -0.1) is 0 Å². The lowest BCUT2D eigenvalue weighted by Gasteiger charge is -2.38. The van der Waals surface area contributed by atoms with E-state index in [1.54, 1.807) is 16.7 Å². The number of hydrogen-bond donors (Lipinski definition) is 15. The van der Waals surface area contributed by atoms with Crippen molar-refractivity contribution in [1.82, 2.24) is 78.5 Å². The summed E-state index contributed by atoms with van der Waals surface area (Å²) in [6.45, 7) is 41.6. The van der Waals surface area contributed by atoms with Crippen LogP contribution in [0.25, 0.3) is 0 Å². The fraction of sp³-hybridized carbons (Fsp3) is 0.717. The number of ketones is 3. The maximum absolute atomic E-state index is 14.8. The third-order valence-corrected chi connectivity index (χ3v) is 33.0. The van der Waals surface area contributed by atoms with Crippen molar-refractivity contribution in [2.75, 3.05) is 53.0 Å². The number of ether oxygens (including phenoxy) is 3. The second kappa shape index (κ2) is 45.7. The quantitative estimate of drug-likeness (QED) is 0.0240. The zero-order valence-corrected chi connectivity index (χ0v) is 88.9. The van der Waals surface area contributed by atoms with Crippen molar-refractivity contribution in [3.05, 3.63) is 70.8 Å². The van der Waals surface area contributed by atoms with Gasteiger partial charge in [0.1, 0.15) is 56.1 Å². The van der Waals surface area contributed by atoms with Crippen molar-refractivity contribution >= 4 is 107 Å². The number of nitrogens with one attached hydrogen (secondary N) is 12. The van der Waals surface area contributed by atoms with Crippen LogP contribution in [-0.2, 0) is 97.4 Å². The Morgan fingerprint density at radius 1 is 0.379 bits per heavy atom. The lowest BCUT2D eigenvalue weighted by Crippen LogP contribution is -2.62. The first-order chi connectivity index (χ1) is 67.6. The molecule has 13 rings (SSSR count). The fourth-order valence-electron chi connectivity index (χ4n) is 22.8. The predicted octanol–water partition coefficient (Wildman–Crippen LogP) is 6.96. The van der Waals surface area contributed by atoms with Crippen LogP contribution in [-0.4, -0.2) is 253 Å². The van der Waals surface area contributed by atoms with Gasteiger partial charge in [0, 0.05) is 39.3 Å². The van der Waals surface area contributed by atoms with Gasteiger partial charge in [-0.2, -0.15) is 0 Å². The van der Waals surface area contributed by atoms with E-state index in [9.17, 15) is 86.3 Å². The number of benzene rings is 2. The van der Waals surface area contributed by atoms with Crippen LogP contribution < -0.4 is 81.0 Å². The molecule has 3 unspecified atom stereocenters. The molecule has 8 aliphatic carbocycles. The molecule has 3 aliphatic heterocycles. The van der Waals surface area contributed by atoms with Crippen LogP contribution in [0.2, 0.25) is 0 Å². The highest BCUT2D eigenvalue weighted by Gasteiger charge is 2.73. The number of hydrogen-bond acceptors (Lipinski definition) is 21. The largest absolute Gasteiger partial charge is 0.447 e. The minimum atomic E-state index is -1.10. The van der Waals surface area contributed by atoms with Gasteiger partial charge >= 0.3 is 36.4 Å². The molecule has 18 atom stereocenters. The van der Waals surface area contributed by atoms with E-state index in [1.807, 2.05) is 159 Å². The Labute approximate surface area is 852 Å². The van der Waals surface area contributed by atoms with Gasteiger partial charge in [0.05, 0.1) is 36.3 Å². The molecule has 39 heteroatoms. The molecule has 0 radical (unpaired) electrons. The first kappa shape index (κ1) is 114. The van der Waals surface area contributed by atoms with Gasteiger partial charge in [-0.05, 0) is 191 Å². The van der Waals surface area contributed by atoms with E-state index in [0.29, 0.717) is 71.1 Å². The smallest absolute Gasteiger partial charge is 0.407 e. The average Bonchev–Trinajstić information content (AvgIpc) is 1.53. The van der Waals surface area contributed by atoms with Gasteiger partial charge in [0.2, 0.25) is 52.8 Å². The Bertz CT molecular complexity index is 5120. The molecular formula is C106H162N18O21. The fourth-order valence-corrected chi connectivity index (χ4v) is 22.8. The van der Waals surface area contributed by atoms with E-state index in [-0.39, 0.29) is 119 Å². The summed E-state index contributed by atoms with van der Waals surface area (Å²) in [4.78, 5) is 241. The van der Waals surface area contributed by atoms with Crippen LogP contribution in [0.1, 0.15) is 245 Å². The van der Waals surface area contributed by atoms with Crippen molar-refractivity contribution in [3.8, 4) is 0 Å². The maximum Gasteiger partial charge on any atom is 0.407 e. The molecule has 11 aliphatic rings. The van der Waals surface area contributed by atoms with E-state index >= 15 is 0 Å². The molecule has 18 amide bonds. The summed E-state index contributed by atoms with van der Waals surface area (Å²) in [6.07, 6.45) is 10.0. The van der Waals surface area contributed by atoms with E-state index < -0.39 is 189 Å². The lowest BCUT2D eigenvalue weighted by molar-refractivity contribution is -0.145. The highest BCUT2D eigenvalue weighted by molar-refractivity contribution is 6.39. The van der Waals surface area contributed by atoms with Crippen molar-refractivity contribution in [2.24, 2.45) is 120 Å². The zero-order valence-electron chi connectivity index (χ0n) is 88.9. The minimum absolute atomic E-state index is 0.0591. The maximum atomic E-state index is 14.8. The van der Waals surface area contributed by atoms with Gasteiger partial charge < -0.3 is 110 Å². The molecule has 0 bridgehead atoms. The average molecular weight is 2020 g/mol. The highest BCUT2D eigenvalue weighted by atomic mass is 16.6. The summed E-state index contributed by atoms with van der Waals surface area (Å²) in [5, 5.41) is 33.5. The van der Waals surface area contributed by atoms with Gasteiger partial charge in [-0.25, -0.2) is 28.8 Å². The monoisotopic (exact) mass is 2020 g/mol.